The van der Waals surface area contributed by atoms with Crippen LogP contribution in [0.25, 0.3) is 0 Å². The number of carboxylic acid groups (broad SMARTS) is 1. The third kappa shape index (κ3) is 6.92. The van der Waals surface area contributed by atoms with Gasteiger partial charge in [-0.25, -0.2) is 0 Å². The number of hydrogen-bond acceptors (Lipinski definition) is 2. The van der Waals surface area contributed by atoms with Crippen molar-refractivity contribution in [3.63, 3.8) is 0 Å². The molecule has 1 rings (SSSR count). The van der Waals surface area contributed by atoms with Gasteiger partial charge < -0.3 is 10.0 Å². The predicted octanol–water partition coefficient (Wildman–Crippen LogP) is 2.72. The first kappa shape index (κ1) is 16.2. The van der Waals surface area contributed by atoms with Crippen LogP contribution < -0.4 is 0 Å². The van der Waals surface area contributed by atoms with Gasteiger partial charge in [-0.3, -0.25) is 9.59 Å². The minimum Gasteiger partial charge on any atom is -0.481 e. The van der Waals surface area contributed by atoms with Crippen LogP contribution in [0.3, 0.4) is 0 Å². The fourth-order valence-corrected chi connectivity index (χ4v) is 2.03. The lowest BCUT2D eigenvalue weighted by Crippen LogP contribution is -2.27. The number of amides is 1. The summed E-state index contributed by atoms with van der Waals surface area (Å²) in [5.41, 5.74) is 1.32. The van der Waals surface area contributed by atoms with Gasteiger partial charge in [0.25, 0.3) is 0 Å². The number of rotatable bonds is 9. The molecule has 4 heteroatoms. The van der Waals surface area contributed by atoms with Crippen molar-refractivity contribution in [2.24, 2.45) is 0 Å². The first-order valence-corrected chi connectivity index (χ1v) is 7.09. The molecule has 0 aliphatic rings. The number of carbonyl (C=O) groups excluding carboxylic acids is 1. The van der Waals surface area contributed by atoms with E-state index in [9.17, 15) is 9.59 Å². The Hall–Kier alpha value is -1.84. The molecular formula is C16H23NO3. The average molecular weight is 277 g/mol. The van der Waals surface area contributed by atoms with Crippen LogP contribution in [0, 0.1) is 0 Å². The van der Waals surface area contributed by atoms with Crippen LogP contribution in [0.4, 0.5) is 0 Å². The summed E-state index contributed by atoms with van der Waals surface area (Å²) in [6, 6.07) is 10.3. The van der Waals surface area contributed by atoms with Crippen molar-refractivity contribution >= 4 is 11.9 Å². The number of unbranched alkanes of at least 4 members (excludes halogenated alkanes) is 1. The predicted molar refractivity (Wildman–Crippen MR) is 78.5 cm³/mol. The number of benzene rings is 1. The molecule has 0 spiro atoms. The smallest absolute Gasteiger partial charge is 0.303 e. The number of hydrogen-bond donors (Lipinski definition) is 1. The molecule has 0 unspecified atom stereocenters. The SMILES string of the molecule is CN(CCCCc1ccccc1)C(=O)CCCC(=O)O. The summed E-state index contributed by atoms with van der Waals surface area (Å²) in [6.45, 7) is 0.735. The van der Waals surface area contributed by atoms with E-state index in [0.717, 1.165) is 25.8 Å². The van der Waals surface area contributed by atoms with E-state index < -0.39 is 5.97 Å². The number of aliphatic carboxylic acids is 1. The maximum Gasteiger partial charge on any atom is 0.303 e. The Labute approximate surface area is 120 Å². The number of carboxylic acids is 1. The summed E-state index contributed by atoms with van der Waals surface area (Å²) in [6.07, 6.45) is 3.85. The molecule has 0 fully saturated rings. The molecule has 0 atom stereocenters. The molecule has 0 saturated carbocycles. The molecule has 4 nitrogen and oxygen atoms in total. The Kier molecular flexibility index (Phi) is 7.40. The molecule has 1 aromatic rings. The van der Waals surface area contributed by atoms with E-state index in [2.05, 4.69) is 12.1 Å². The first-order valence-electron chi connectivity index (χ1n) is 7.09. The second kappa shape index (κ2) is 9.13. The van der Waals surface area contributed by atoms with Crippen molar-refractivity contribution in [1.82, 2.24) is 4.90 Å². The number of carbonyl (C=O) groups is 2. The fraction of sp³-hybridized carbons (Fsp3) is 0.500. The van der Waals surface area contributed by atoms with Crippen molar-refractivity contribution in [1.29, 1.82) is 0 Å². The lowest BCUT2D eigenvalue weighted by molar-refractivity contribution is -0.137. The van der Waals surface area contributed by atoms with Crippen LogP contribution >= 0.6 is 0 Å². The summed E-state index contributed by atoms with van der Waals surface area (Å²) in [7, 11) is 1.78. The van der Waals surface area contributed by atoms with Crippen molar-refractivity contribution in [2.45, 2.75) is 38.5 Å². The van der Waals surface area contributed by atoms with Crippen molar-refractivity contribution in [3.05, 3.63) is 35.9 Å². The number of aryl methyl sites for hydroxylation is 1. The van der Waals surface area contributed by atoms with Crippen LogP contribution in [-0.2, 0) is 16.0 Å². The highest BCUT2D eigenvalue weighted by molar-refractivity contribution is 5.76. The van der Waals surface area contributed by atoms with Crippen LogP contribution in [0.5, 0.6) is 0 Å². The molecule has 0 radical (unpaired) electrons. The maximum atomic E-state index is 11.7. The van der Waals surface area contributed by atoms with Gasteiger partial charge in [-0.15, -0.1) is 0 Å². The van der Waals surface area contributed by atoms with Gasteiger partial charge in [-0.1, -0.05) is 30.3 Å². The summed E-state index contributed by atoms with van der Waals surface area (Å²) < 4.78 is 0. The third-order valence-corrected chi connectivity index (χ3v) is 3.26. The summed E-state index contributed by atoms with van der Waals surface area (Å²) in [5.74, 6) is -0.811. The normalized spacial score (nSPS) is 10.2. The number of nitrogens with zero attached hydrogens (tertiary/aromatic N) is 1. The highest BCUT2D eigenvalue weighted by Crippen LogP contribution is 2.06. The molecule has 1 amide bonds. The van der Waals surface area contributed by atoms with E-state index in [0.29, 0.717) is 12.8 Å². The first-order chi connectivity index (χ1) is 9.59. The van der Waals surface area contributed by atoms with Gasteiger partial charge >= 0.3 is 5.97 Å². The molecule has 0 aliphatic carbocycles. The molecule has 0 heterocycles. The van der Waals surface area contributed by atoms with Crippen LogP contribution in [0.15, 0.2) is 30.3 Å². The van der Waals surface area contributed by atoms with E-state index in [4.69, 9.17) is 5.11 Å². The Morgan fingerprint density at radius 3 is 2.40 bits per heavy atom. The van der Waals surface area contributed by atoms with Gasteiger partial charge in [0.1, 0.15) is 0 Å². The lowest BCUT2D eigenvalue weighted by atomic mass is 10.1. The zero-order valence-corrected chi connectivity index (χ0v) is 12.0. The largest absolute Gasteiger partial charge is 0.481 e. The average Bonchev–Trinajstić information content (AvgIpc) is 2.44. The Morgan fingerprint density at radius 2 is 1.75 bits per heavy atom. The second-order valence-electron chi connectivity index (χ2n) is 5.01. The molecule has 1 aromatic carbocycles. The topological polar surface area (TPSA) is 57.6 Å². The molecule has 1 N–H and O–H groups in total. The van der Waals surface area contributed by atoms with E-state index in [1.807, 2.05) is 18.2 Å². The Balaban J connectivity index is 2.11. The zero-order chi connectivity index (χ0) is 14.8. The summed E-state index contributed by atoms with van der Waals surface area (Å²) in [4.78, 5) is 23.8. The molecule has 0 saturated heterocycles. The van der Waals surface area contributed by atoms with Gasteiger partial charge in [0.15, 0.2) is 0 Å². The highest BCUT2D eigenvalue weighted by Gasteiger charge is 2.09. The molecule has 0 bridgehead atoms. The quantitative estimate of drug-likeness (QED) is 0.706. The van der Waals surface area contributed by atoms with Crippen molar-refractivity contribution < 1.29 is 14.7 Å². The second-order valence-corrected chi connectivity index (χ2v) is 5.01. The van der Waals surface area contributed by atoms with E-state index >= 15 is 0 Å². The van der Waals surface area contributed by atoms with E-state index in [1.54, 1.807) is 11.9 Å². The monoisotopic (exact) mass is 277 g/mol. The van der Waals surface area contributed by atoms with Crippen LogP contribution in [-0.4, -0.2) is 35.5 Å². The van der Waals surface area contributed by atoms with Gasteiger partial charge in [0, 0.05) is 26.4 Å². The summed E-state index contributed by atoms with van der Waals surface area (Å²) >= 11 is 0. The highest BCUT2D eigenvalue weighted by atomic mass is 16.4. The maximum absolute atomic E-state index is 11.7. The van der Waals surface area contributed by atoms with E-state index in [-0.39, 0.29) is 12.3 Å². The van der Waals surface area contributed by atoms with Crippen molar-refractivity contribution in [3.8, 4) is 0 Å². The zero-order valence-electron chi connectivity index (χ0n) is 12.0. The van der Waals surface area contributed by atoms with Crippen molar-refractivity contribution in [2.75, 3.05) is 13.6 Å². The lowest BCUT2D eigenvalue weighted by Gasteiger charge is -2.16. The van der Waals surface area contributed by atoms with Gasteiger partial charge in [0.05, 0.1) is 0 Å². The Bertz CT molecular complexity index is 417. The van der Waals surface area contributed by atoms with Gasteiger partial charge in [-0.2, -0.15) is 0 Å². The Morgan fingerprint density at radius 1 is 1.05 bits per heavy atom. The van der Waals surface area contributed by atoms with E-state index in [1.165, 1.54) is 5.56 Å². The molecule has 0 aliphatic heterocycles. The molecule has 110 valence electrons. The molecule has 20 heavy (non-hydrogen) atoms. The van der Waals surface area contributed by atoms with Crippen LogP contribution in [0.1, 0.15) is 37.7 Å². The van der Waals surface area contributed by atoms with Crippen LogP contribution in [0.2, 0.25) is 0 Å². The third-order valence-electron chi connectivity index (χ3n) is 3.26. The van der Waals surface area contributed by atoms with Gasteiger partial charge in [-0.05, 0) is 31.2 Å². The molecular weight excluding hydrogens is 254 g/mol. The fourth-order valence-electron chi connectivity index (χ4n) is 2.03. The standard InChI is InChI=1S/C16H23NO3/c1-17(15(18)11-7-12-16(19)20)13-6-5-10-14-8-3-2-4-9-14/h2-4,8-9H,5-7,10-13H2,1H3,(H,19,20). The molecule has 0 aromatic heterocycles. The minimum absolute atomic E-state index is 0.0333. The van der Waals surface area contributed by atoms with Gasteiger partial charge in [0.2, 0.25) is 5.91 Å². The summed E-state index contributed by atoms with van der Waals surface area (Å²) in [5, 5.41) is 8.52. The minimum atomic E-state index is -0.844.